The van der Waals surface area contributed by atoms with Crippen LogP contribution in [0.15, 0.2) is 39.5 Å². The van der Waals surface area contributed by atoms with Crippen LogP contribution < -0.4 is 15.5 Å². The highest BCUT2D eigenvalue weighted by Gasteiger charge is 2.28. The molecule has 0 spiro atoms. The van der Waals surface area contributed by atoms with E-state index in [-0.39, 0.29) is 30.5 Å². The lowest BCUT2D eigenvalue weighted by atomic mass is 10.2. The Balaban J connectivity index is 1.45. The van der Waals surface area contributed by atoms with Crippen molar-refractivity contribution in [3.8, 4) is 11.5 Å². The molecule has 4 aromatic heterocycles. The number of anilines is 3. The van der Waals surface area contributed by atoms with Gasteiger partial charge in [-0.1, -0.05) is 0 Å². The number of rotatable bonds is 7. The van der Waals surface area contributed by atoms with Crippen LogP contribution in [-0.4, -0.2) is 68.4 Å². The zero-order valence-electron chi connectivity index (χ0n) is 18.4. The molecule has 0 aromatic carbocycles. The largest absolute Gasteiger partial charge is 0.442 e. The molecule has 1 amide bonds. The summed E-state index contributed by atoms with van der Waals surface area (Å²) in [6.07, 6.45) is 3.08. The normalized spacial score (nSPS) is 15.7. The van der Waals surface area contributed by atoms with E-state index in [1.54, 1.807) is 18.3 Å². The molecule has 176 valence electrons. The van der Waals surface area contributed by atoms with Crippen LogP contribution in [0, 0.1) is 6.92 Å². The standard InChI is InChI=1S/C22H23N7O5/c1-12-8-13(2-4-23-12)21-26-17(11-33-21)25-20(32)15-9-16-18(28-22(34-16)24-5-7-30)27-19(15)29-6-3-14(31)10-29/h2,4,8-9,11,14,30-31H,3,5-7,10H2,1H3,(H,25,32)(H,24,27,28)/t14-/m1/s1. The van der Waals surface area contributed by atoms with Crippen molar-refractivity contribution >= 4 is 34.8 Å². The third kappa shape index (κ3) is 4.40. The van der Waals surface area contributed by atoms with Gasteiger partial charge in [-0.3, -0.25) is 9.78 Å². The van der Waals surface area contributed by atoms with Crippen molar-refractivity contribution in [2.45, 2.75) is 19.4 Å². The van der Waals surface area contributed by atoms with Gasteiger partial charge in [0, 0.05) is 43.2 Å². The van der Waals surface area contributed by atoms with Crippen molar-refractivity contribution in [2.24, 2.45) is 0 Å². The number of hydrogen-bond donors (Lipinski definition) is 4. The second kappa shape index (κ2) is 9.08. The molecule has 1 atom stereocenters. The van der Waals surface area contributed by atoms with Crippen LogP contribution >= 0.6 is 0 Å². The van der Waals surface area contributed by atoms with Gasteiger partial charge in [0.15, 0.2) is 11.4 Å². The highest BCUT2D eigenvalue weighted by Crippen LogP contribution is 2.29. The maximum absolute atomic E-state index is 13.3. The first-order chi connectivity index (χ1) is 16.5. The van der Waals surface area contributed by atoms with Crippen LogP contribution in [0.1, 0.15) is 22.5 Å². The van der Waals surface area contributed by atoms with E-state index >= 15 is 0 Å². The van der Waals surface area contributed by atoms with Crippen molar-refractivity contribution in [1.29, 1.82) is 0 Å². The third-order valence-corrected chi connectivity index (χ3v) is 5.35. The molecule has 5 heterocycles. The molecule has 0 radical (unpaired) electrons. The fourth-order valence-electron chi connectivity index (χ4n) is 3.76. The smallest absolute Gasteiger partial charge is 0.297 e. The summed E-state index contributed by atoms with van der Waals surface area (Å²) in [5, 5.41) is 24.6. The van der Waals surface area contributed by atoms with E-state index in [9.17, 15) is 9.90 Å². The van der Waals surface area contributed by atoms with Gasteiger partial charge in [0.1, 0.15) is 12.1 Å². The molecule has 0 unspecified atom stereocenters. The summed E-state index contributed by atoms with van der Waals surface area (Å²) in [6, 6.07) is 5.35. The second-order valence-corrected chi connectivity index (χ2v) is 7.92. The van der Waals surface area contributed by atoms with Crippen molar-refractivity contribution < 1.29 is 23.8 Å². The lowest BCUT2D eigenvalue weighted by molar-refractivity contribution is 0.102. The average molecular weight is 465 g/mol. The number of pyridine rings is 2. The van der Waals surface area contributed by atoms with Gasteiger partial charge in [-0.2, -0.15) is 9.97 Å². The molecule has 5 rings (SSSR count). The summed E-state index contributed by atoms with van der Waals surface area (Å²) in [5.74, 6) is 0.520. The average Bonchev–Trinajstić information content (AvgIpc) is 3.56. The van der Waals surface area contributed by atoms with Crippen LogP contribution in [0.25, 0.3) is 22.7 Å². The summed E-state index contributed by atoms with van der Waals surface area (Å²) >= 11 is 0. The summed E-state index contributed by atoms with van der Waals surface area (Å²) in [5.41, 5.74) is 2.42. The van der Waals surface area contributed by atoms with Gasteiger partial charge >= 0.3 is 0 Å². The molecule has 34 heavy (non-hydrogen) atoms. The maximum atomic E-state index is 13.3. The number of carbonyl (C=O) groups is 1. The number of nitrogens with zero attached hydrogens (tertiary/aromatic N) is 5. The number of aliphatic hydroxyl groups is 2. The quantitative estimate of drug-likeness (QED) is 0.315. The molecule has 4 aromatic rings. The van der Waals surface area contributed by atoms with Crippen LogP contribution in [0.5, 0.6) is 0 Å². The number of hydrogen-bond acceptors (Lipinski definition) is 11. The monoisotopic (exact) mass is 465 g/mol. The Labute approximate surface area is 193 Å². The highest BCUT2D eigenvalue weighted by molar-refractivity contribution is 6.08. The van der Waals surface area contributed by atoms with Crippen molar-refractivity contribution in [1.82, 2.24) is 19.9 Å². The Kier molecular flexibility index (Phi) is 5.82. The summed E-state index contributed by atoms with van der Waals surface area (Å²) < 4.78 is 11.2. The second-order valence-electron chi connectivity index (χ2n) is 7.92. The minimum atomic E-state index is -0.505. The minimum Gasteiger partial charge on any atom is -0.442 e. The number of aliphatic hydroxyl groups excluding tert-OH is 2. The van der Waals surface area contributed by atoms with Gasteiger partial charge < -0.3 is 34.6 Å². The molecular formula is C22H23N7O5. The molecule has 0 bridgehead atoms. The first-order valence-electron chi connectivity index (χ1n) is 10.8. The molecule has 12 heteroatoms. The highest BCUT2D eigenvalue weighted by atomic mass is 16.4. The molecule has 0 aliphatic carbocycles. The summed E-state index contributed by atoms with van der Waals surface area (Å²) in [4.78, 5) is 32.4. The lowest BCUT2D eigenvalue weighted by Crippen LogP contribution is -2.26. The molecule has 1 fully saturated rings. The van der Waals surface area contributed by atoms with Gasteiger partial charge in [-0.15, -0.1) is 0 Å². The van der Waals surface area contributed by atoms with Gasteiger partial charge in [-0.05, 0) is 25.5 Å². The molecule has 0 saturated carbocycles. The van der Waals surface area contributed by atoms with Gasteiger partial charge in [0.2, 0.25) is 11.5 Å². The molecule has 1 aliphatic heterocycles. The number of fused-ring (bicyclic) bond motifs is 1. The predicted molar refractivity (Wildman–Crippen MR) is 123 cm³/mol. The minimum absolute atomic E-state index is 0.0878. The van der Waals surface area contributed by atoms with E-state index in [0.717, 1.165) is 11.3 Å². The Morgan fingerprint density at radius 1 is 1.29 bits per heavy atom. The predicted octanol–water partition coefficient (Wildman–Crippen LogP) is 1.81. The first-order valence-corrected chi connectivity index (χ1v) is 10.8. The van der Waals surface area contributed by atoms with Gasteiger partial charge in [-0.25, -0.2) is 4.98 Å². The lowest BCUT2D eigenvalue weighted by Gasteiger charge is -2.19. The fourth-order valence-corrected chi connectivity index (χ4v) is 3.76. The Hall–Kier alpha value is -4.03. The van der Waals surface area contributed by atoms with Crippen LogP contribution in [0.4, 0.5) is 17.7 Å². The van der Waals surface area contributed by atoms with E-state index in [2.05, 4.69) is 30.6 Å². The van der Waals surface area contributed by atoms with Crippen LogP contribution in [0.3, 0.4) is 0 Å². The number of aryl methyl sites for hydroxylation is 1. The molecule has 4 N–H and O–H groups in total. The Morgan fingerprint density at radius 2 is 2.18 bits per heavy atom. The van der Waals surface area contributed by atoms with Gasteiger partial charge in [0.05, 0.1) is 18.3 Å². The number of amides is 1. The Morgan fingerprint density at radius 3 is 2.94 bits per heavy atom. The number of aromatic nitrogens is 4. The van der Waals surface area contributed by atoms with Gasteiger partial charge in [0.25, 0.3) is 11.9 Å². The van der Waals surface area contributed by atoms with Crippen molar-refractivity contribution in [3.63, 3.8) is 0 Å². The van der Waals surface area contributed by atoms with E-state index < -0.39 is 12.0 Å². The summed E-state index contributed by atoms with van der Waals surface area (Å²) in [7, 11) is 0. The number of nitrogens with one attached hydrogen (secondary N) is 2. The Bertz CT molecular complexity index is 1330. The van der Waals surface area contributed by atoms with Crippen LogP contribution in [0.2, 0.25) is 0 Å². The maximum Gasteiger partial charge on any atom is 0.297 e. The van der Waals surface area contributed by atoms with E-state index in [0.29, 0.717) is 42.4 Å². The fraction of sp³-hybridized carbons (Fsp3) is 0.318. The summed E-state index contributed by atoms with van der Waals surface area (Å²) in [6.45, 7) is 2.93. The zero-order chi connectivity index (χ0) is 23.7. The van der Waals surface area contributed by atoms with E-state index in [1.807, 2.05) is 17.9 Å². The van der Waals surface area contributed by atoms with Crippen LogP contribution in [-0.2, 0) is 0 Å². The van der Waals surface area contributed by atoms with E-state index in [1.165, 1.54) is 6.26 Å². The topological polar surface area (TPSA) is 163 Å². The third-order valence-electron chi connectivity index (χ3n) is 5.35. The number of oxazole rings is 2. The molecule has 12 nitrogen and oxygen atoms in total. The van der Waals surface area contributed by atoms with E-state index in [4.69, 9.17) is 13.9 Å². The number of β-amino-alcohol motifs (C(OH)–C–C–N with tert-alkyl or cyclic N) is 1. The van der Waals surface area contributed by atoms with Crippen molar-refractivity contribution in [3.05, 3.63) is 41.9 Å². The van der Waals surface area contributed by atoms with Crippen molar-refractivity contribution in [2.75, 3.05) is 41.8 Å². The first kappa shape index (κ1) is 21.8. The zero-order valence-corrected chi connectivity index (χ0v) is 18.4. The SMILES string of the molecule is Cc1cc(-c2nc(NC(=O)c3cc4oc(NCCO)nc4nc3N3CC[C@@H](O)C3)co2)ccn1. The molecule has 1 aliphatic rings. The molecule has 1 saturated heterocycles. The molecular weight excluding hydrogens is 442 g/mol. The number of carbonyl (C=O) groups excluding carboxylic acids is 1.